The topological polar surface area (TPSA) is 49.4 Å². The summed E-state index contributed by atoms with van der Waals surface area (Å²) in [6.45, 7) is 7.10. The van der Waals surface area contributed by atoms with E-state index in [4.69, 9.17) is 0 Å². The average Bonchev–Trinajstić information content (AvgIpc) is 2.64. The molecule has 0 atom stereocenters. The van der Waals surface area contributed by atoms with Crippen LogP contribution in [0, 0.1) is 5.92 Å². The minimum Gasteiger partial charge on any atom is -0.322 e. The van der Waals surface area contributed by atoms with Gasteiger partial charge in [0.05, 0.1) is 0 Å². The molecule has 0 bridgehead atoms. The summed E-state index contributed by atoms with van der Waals surface area (Å²) >= 11 is 0. The lowest BCUT2D eigenvalue weighted by Gasteiger charge is -2.31. The molecule has 1 heterocycles. The van der Waals surface area contributed by atoms with E-state index in [9.17, 15) is 9.59 Å². The Labute approximate surface area is 161 Å². The van der Waals surface area contributed by atoms with E-state index >= 15 is 0 Å². The van der Waals surface area contributed by atoms with E-state index in [-0.39, 0.29) is 11.8 Å². The fourth-order valence-corrected chi connectivity index (χ4v) is 3.52. The third-order valence-electron chi connectivity index (χ3n) is 4.84. The van der Waals surface area contributed by atoms with Gasteiger partial charge in [0.15, 0.2) is 0 Å². The van der Waals surface area contributed by atoms with Crippen molar-refractivity contribution in [3.05, 3.63) is 59.2 Å². The number of nitrogens with zero attached hydrogens (tertiary/aromatic N) is 1. The molecule has 0 radical (unpaired) electrons. The van der Waals surface area contributed by atoms with Gasteiger partial charge in [0.25, 0.3) is 5.91 Å². The van der Waals surface area contributed by atoms with Gasteiger partial charge in [0, 0.05) is 29.9 Å². The Morgan fingerprint density at radius 3 is 2.52 bits per heavy atom. The van der Waals surface area contributed by atoms with Crippen LogP contribution >= 0.6 is 0 Å². The molecule has 2 aromatic carbocycles. The molecule has 0 saturated heterocycles. The second-order valence-corrected chi connectivity index (χ2v) is 7.64. The largest absolute Gasteiger partial charge is 0.322 e. The molecule has 4 nitrogen and oxygen atoms in total. The van der Waals surface area contributed by atoms with Crippen LogP contribution < -0.4 is 10.2 Å². The molecule has 2 amide bonds. The van der Waals surface area contributed by atoms with Gasteiger partial charge in [-0.25, -0.2) is 0 Å². The average molecular weight is 364 g/mol. The van der Waals surface area contributed by atoms with Gasteiger partial charge in [-0.15, -0.1) is 0 Å². The van der Waals surface area contributed by atoms with Gasteiger partial charge in [-0.05, 0) is 60.2 Å². The standard InChI is InChI=1S/C23H28N2O2/c1-4-5-17-6-8-18(9-7-17)23(27)24-20-11-12-21-19(14-20)10-13-22(26)25(21)15-16(2)3/h6-9,11-12,14,16H,4-5,10,13,15H2,1-3H3,(H,24,27). The molecule has 0 fully saturated rings. The molecule has 1 N–H and O–H groups in total. The molecule has 1 aliphatic rings. The Kier molecular flexibility index (Phi) is 5.94. The Hall–Kier alpha value is -2.62. The lowest BCUT2D eigenvalue weighted by molar-refractivity contribution is -0.119. The quantitative estimate of drug-likeness (QED) is 0.798. The van der Waals surface area contributed by atoms with Crippen molar-refractivity contribution < 1.29 is 9.59 Å². The van der Waals surface area contributed by atoms with Crippen LogP contribution in [0.5, 0.6) is 0 Å². The van der Waals surface area contributed by atoms with E-state index in [1.807, 2.05) is 47.4 Å². The van der Waals surface area contributed by atoms with Crippen LogP contribution in [0.25, 0.3) is 0 Å². The van der Waals surface area contributed by atoms with E-state index in [2.05, 4.69) is 26.1 Å². The van der Waals surface area contributed by atoms with Crippen molar-refractivity contribution in [1.29, 1.82) is 0 Å². The summed E-state index contributed by atoms with van der Waals surface area (Å²) in [7, 11) is 0. The summed E-state index contributed by atoms with van der Waals surface area (Å²) < 4.78 is 0. The van der Waals surface area contributed by atoms with Gasteiger partial charge in [-0.2, -0.15) is 0 Å². The third kappa shape index (κ3) is 4.57. The molecule has 0 unspecified atom stereocenters. The third-order valence-corrected chi connectivity index (χ3v) is 4.84. The molecule has 1 aliphatic heterocycles. The lowest BCUT2D eigenvalue weighted by atomic mass is 9.99. The van der Waals surface area contributed by atoms with E-state index < -0.39 is 0 Å². The SMILES string of the molecule is CCCc1ccc(C(=O)Nc2ccc3c(c2)CCC(=O)N3CC(C)C)cc1. The Morgan fingerprint density at radius 2 is 1.85 bits per heavy atom. The highest BCUT2D eigenvalue weighted by Crippen LogP contribution is 2.31. The van der Waals surface area contributed by atoms with Crippen molar-refractivity contribution in [1.82, 2.24) is 0 Å². The number of benzene rings is 2. The monoisotopic (exact) mass is 364 g/mol. The summed E-state index contributed by atoms with van der Waals surface area (Å²) in [5, 5.41) is 2.98. The maximum atomic E-state index is 12.5. The van der Waals surface area contributed by atoms with Gasteiger partial charge in [-0.1, -0.05) is 39.3 Å². The molecular weight excluding hydrogens is 336 g/mol. The molecule has 0 aromatic heterocycles. The first-order valence-corrected chi connectivity index (χ1v) is 9.81. The van der Waals surface area contributed by atoms with Crippen molar-refractivity contribution in [2.75, 3.05) is 16.8 Å². The second-order valence-electron chi connectivity index (χ2n) is 7.64. The highest BCUT2D eigenvalue weighted by atomic mass is 16.2. The molecule has 0 spiro atoms. The van der Waals surface area contributed by atoms with Gasteiger partial charge >= 0.3 is 0 Å². The summed E-state index contributed by atoms with van der Waals surface area (Å²) in [4.78, 5) is 26.7. The molecule has 27 heavy (non-hydrogen) atoms. The first-order chi connectivity index (χ1) is 13.0. The van der Waals surface area contributed by atoms with E-state index in [0.717, 1.165) is 42.7 Å². The van der Waals surface area contributed by atoms with Crippen LogP contribution in [0.2, 0.25) is 0 Å². The van der Waals surface area contributed by atoms with Crippen LogP contribution in [0.15, 0.2) is 42.5 Å². The van der Waals surface area contributed by atoms with Crippen molar-refractivity contribution in [3.63, 3.8) is 0 Å². The second kappa shape index (κ2) is 8.38. The fraction of sp³-hybridized carbons (Fsp3) is 0.391. The molecule has 2 aromatic rings. The number of anilines is 2. The van der Waals surface area contributed by atoms with Gasteiger partial charge in [-0.3, -0.25) is 9.59 Å². The number of amides is 2. The highest BCUT2D eigenvalue weighted by Gasteiger charge is 2.25. The predicted octanol–water partition coefficient (Wildman–Crippen LogP) is 4.83. The van der Waals surface area contributed by atoms with E-state index in [1.165, 1.54) is 5.56 Å². The zero-order chi connectivity index (χ0) is 19.4. The molecule has 0 aliphatic carbocycles. The Balaban J connectivity index is 1.75. The van der Waals surface area contributed by atoms with Gasteiger partial charge in [0.1, 0.15) is 0 Å². The van der Waals surface area contributed by atoms with Gasteiger partial charge in [0.2, 0.25) is 5.91 Å². The zero-order valence-corrected chi connectivity index (χ0v) is 16.4. The number of rotatable bonds is 6. The number of hydrogen-bond acceptors (Lipinski definition) is 2. The summed E-state index contributed by atoms with van der Waals surface area (Å²) in [5.74, 6) is 0.485. The summed E-state index contributed by atoms with van der Waals surface area (Å²) in [6.07, 6.45) is 3.36. The number of carbonyl (C=O) groups excluding carboxylic acids is 2. The van der Waals surface area contributed by atoms with E-state index in [0.29, 0.717) is 17.9 Å². The van der Waals surface area contributed by atoms with Crippen LogP contribution in [0.3, 0.4) is 0 Å². The van der Waals surface area contributed by atoms with Crippen molar-refractivity contribution in [2.24, 2.45) is 5.92 Å². The summed E-state index contributed by atoms with van der Waals surface area (Å²) in [6, 6.07) is 13.6. The normalized spacial score (nSPS) is 13.6. The van der Waals surface area contributed by atoms with Crippen LogP contribution in [0.1, 0.15) is 55.1 Å². The Bertz CT molecular complexity index is 825. The minimum absolute atomic E-state index is 0.107. The maximum Gasteiger partial charge on any atom is 0.255 e. The minimum atomic E-state index is -0.107. The number of hydrogen-bond donors (Lipinski definition) is 1. The predicted molar refractivity (Wildman–Crippen MR) is 110 cm³/mol. The van der Waals surface area contributed by atoms with E-state index in [1.54, 1.807) is 0 Å². The smallest absolute Gasteiger partial charge is 0.255 e. The summed E-state index contributed by atoms with van der Waals surface area (Å²) in [5.41, 5.74) is 4.77. The van der Waals surface area contributed by atoms with Crippen LogP contribution in [-0.4, -0.2) is 18.4 Å². The maximum absolute atomic E-state index is 12.5. The first-order valence-electron chi connectivity index (χ1n) is 9.81. The molecule has 3 rings (SSSR count). The highest BCUT2D eigenvalue weighted by molar-refractivity contribution is 6.04. The fourth-order valence-electron chi connectivity index (χ4n) is 3.52. The van der Waals surface area contributed by atoms with Crippen molar-refractivity contribution >= 4 is 23.2 Å². The Morgan fingerprint density at radius 1 is 1.11 bits per heavy atom. The number of fused-ring (bicyclic) bond motifs is 1. The first kappa shape index (κ1) is 19.2. The van der Waals surface area contributed by atoms with Crippen molar-refractivity contribution in [2.45, 2.75) is 46.5 Å². The van der Waals surface area contributed by atoms with Crippen molar-refractivity contribution in [3.8, 4) is 0 Å². The molecule has 142 valence electrons. The number of nitrogens with one attached hydrogen (secondary N) is 1. The lowest BCUT2D eigenvalue weighted by Crippen LogP contribution is -2.37. The number of aryl methyl sites for hydroxylation is 2. The molecular formula is C23H28N2O2. The van der Waals surface area contributed by atoms with Crippen LogP contribution in [0.4, 0.5) is 11.4 Å². The van der Waals surface area contributed by atoms with Crippen LogP contribution in [-0.2, 0) is 17.6 Å². The molecule has 4 heteroatoms. The van der Waals surface area contributed by atoms with Gasteiger partial charge < -0.3 is 10.2 Å². The zero-order valence-electron chi connectivity index (χ0n) is 16.4. The number of carbonyl (C=O) groups is 2. The molecule has 0 saturated carbocycles.